The molecule has 7 aromatic rings. The minimum absolute atomic E-state index is 0. The molecule has 6 heteroatoms. The number of furan rings is 1. The number of rotatable bonds is 6. The van der Waals surface area contributed by atoms with E-state index in [4.69, 9.17) is 4.42 Å². The predicted octanol–water partition coefficient (Wildman–Crippen LogP) is 11.8. The zero-order valence-corrected chi connectivity index (χ0v) is 33.1. The Hall–Kier alpha value is -4.22. The third kappa shape index (κ3) is 8.47. The summed E-state index contributed by atoms with van der Waals surface area (Å²) in [6, 6.07) is 37.8. The number of aryl methyl sites for hydroxylation is 1. The van der Waals surface area contributed by atoms with Gasteiger partial charge in [0.25, 0.3) is 0 Å². The number of aromatic nitrogens is 2. The van der Waals surface area contributed by atoms with Crippen LogP contribution in [0.4, 0.5) is 4.39 Å². The van der Waals surface area contributed by atoms with Crippen molar-refractivity contribution in [2.75, 3.05) is 0 Å². The average molecular weight is 867 g/mol. The summed E-state index contributed by atoms with van der Waals surface area (Å²) in [6.45, 7) is 9.24. The van der Waals surface area contributed by atoms with Gasteiger partial charge in [-0.05, 0) is 71.2 Å². The van der Waals surface area contributed by atoms with Crippen LogP contribution in [0.25, 0.3) is 55.6 Å². The largest absolute Gasteiger partial charge is 0.500 e. The molecule has 1 aliphatic rings. The fourth-order valence-electron chi connectivity index (χ4n) is 7.33. The van der Waals surface area contributed by atoms with Gasteiger partial charge in [-0.25, -0.2) is 4.39 Å². The molecule has 1 aliphatic carbocycles. The zero-order valence-electron chi connectivity index (χ0n) is 29.7. The first-order valence-electron chi connectivity index (χ1n) is 17.8. The Balaban J connectivity index is 0.000000211. The molecule has 0 bridgehead atoms. The van der Waals surface area contributed by atoms with Crippen LogP contribution in [0, 0.1) is 30.8 Å². The fraction of sp³-hybridized carbons (Fsp3) is 0.244. The van der Waals surface area contributed by atoms with Crippen LogP contribution in [0.3, 0.4) is 0 Å². The van der Waals surface area contributed by atoms with E-state index in [1.807, 2.05) is 54.7 Å². The maximum absolute atomic E-state index is 13.9. The second kappa shape index (κ2) is 16.0. The van der Waals surface area contributed by atoms with Gasteiger partial charge >= 0.3 is 0 Å². The minimum atomic E-state index is -1.27. The molecule has 8 rings (SSSR count). The summed E-state index contributed by atoms with van der Waals surface area (Å²) in [5.74, 6) is 0.539. The van der Waals surface area contributed by atoms with Crippen LogP contribution < -0.4 is 5.19 Å². The van der Waals surface area contributed by atoms with Crippen molar-refractivity contribution in [3.8, 4) is 33.6 Å². The van der Waals surface area contributed by atoms with Gasteiger partial charge in [0, 0.05) is 37.9 Å². The average Bonchev–Trinajstić information content (AvgIpc) is 3.51. The van der Waals surface area contributed by atoms with Gasteiger partial charge in [-0.2, -0.15) is 0 Å². The maximum Gasteiger partial charge on any atom is 0.123 e. The number of nitrogens with zero attached hydrogens (tertiary/aromatic N) is 2. The van der Waals surface area contributed by atoms with Crippen LogP contribution in [0.5, 0.6) is 0 Å². The van der Waals surface area contributed by atoms with E-state index >= 15 is 0 Å². The predicted molar refractivity (Wildman–Crippen MR) is 208 cm³/mol. The van der Waals surface area contributed by atoms with Gasteiger partial charge in [-0.15, -0.1) is 59.7 Å². The normalized spacial score (nSPS) is 13.4. The summed E-state index contributed by atoms with van der Waals surface area (Å²) in [5.41, 5.74) is 10.0. The molecule has 0 aliphatic heterocycles. The van der Waals surface area contributed by atoms with E-state index in [1.165, 1.54) is 54.5 Å². The van der Waals surface area contributed by atoms with Crippen molar-refractivity contribution in [3.63, 3.8) is 0 Å². The van der Waals surface area contributed by atoms with Crippen LogP contribution in [0.1, 0.15) is 43.2 Å². The van der Waals surface area contributed by atoms with Crippen molar-refractivity contribution < 1.29 is 28.9 Å². The van der Waals surface area contributed by atoms with Gasteiger partial charge in [0.2, 0.25) is 0 Å². The first-order chi connectivity index (χ1) is 24.2. The smallest absolute Gasteiger partial charge is 0.123 e. The molecular formula is C45H43FIrN2OSi-2. The first kappa shape index (κ1) is 36.6. The summed E-state index contributed by atoms with van der Waals surface area (Å²) in [5, 5.41) is 3.43. The SMILES string of the molecule is Cc1cc(-c2[c-]cccc2)ncc1[Si](C)(C)C.Fc1cccc(-c2cccc3oc4c[c-]c(-c5cc(CC6CCCCC6)ccn5)cc4c23)c1.[Ir]. The van der Waals surface area contributed by atoms with E-state index in [0.29, 0.717) is 0 Å². The van der Waals surface area contributed by atoms with Crippen LogP contribution >= 0.6 is 0 Å². The molecule has 3 aromatic heterocycles. The Morgan fingerprint density at radius 1 is 0.804 bits per heavy atom. The Morgan fingerprint density at radius 3 is 2.35 bits per heavy atom. The van der Waals surface area contributed by atoms with E-state index < -0.39 is 8.07 Å². The Morgan fingerprint density at radius 2 is 1.61 bits per heavy atom. The summed E-state index contributed by atoms with van der Waals surface area (Å²) in [7, 11) is -1.27. The molecule has 0 atom stereocenters. The monoisotopic (exact) mass is 867 g/mol. The van der Waals surface area contributed by atoms with Gasteiger partial charge in [0.15, 0.2) is 0 Å². The van der Waals surface area contributed by atoms with E-state index in [-0.39, 0.29) is 25.9 Å². The molecule has 3 heterocycles. The molecule has 3 nitrogen and oxygen atoms in total. The van der Waals surface area contributed by atoms with E-state index in [1.54, 1.807) is 12.1 Å². The molecule has 1 fully saturated rings. The Labute approximate surface area is 315 Å². The van der Waals surface area contributed by atoms with Gasteiger partial charge in [0.1, 0.15) is 11.4 Å². The molecule has 0 spiro atoms. The van der Waals surface area contributed by atoms with Gasteiger partial charge < -0.3 is 14.4 Å². The van der Waals surface area contributed by atoms with Gasteiger partial charge in [0.05, 0.1) is 13.7 Å². The zero-order chi connectivity index (χ0) is 34.7. The number of fused-ring (bicyclic) bond motifs is 3. The molecule has 1 saturated carbocycles. The van der Waals surface area contributed by atoms with Crippen LogP contribution in [-0.2, 0) is 26.5 Å². The number of hydrogen-bond donors (Lipinski definition) is 0. The molecule has 0 saturated heterocycles. The third-order valence-corrected chi connectivity index (χ3v) is 12.0. The molecule has 0 N–H and O–H groups in total. The number of halogens is 1. The molecule has 4 aromatic carbocycles. The van der Waals surface area contributed by atoms with Crippen molar-refractivity contribution in [2.45, 2.75) is 65.1 Å². The molecule has 1 radical (unpaired) electrons. The standard InChI is InChI=1S/C30H25FNO.C15H18NSi.Ir/c31-24-9-4-8-22(18-24)25-10-5-11-29-30(25)26-19-23(12-13-28(26)33-29)27-17-21(14-15-32-27)16-20-6-2-1-3-7-20;1-12-10-14(13-8-6-5-7-9-13)16-11-15(12)17(2,3)4;/h4-5,8-11,13-15,17-20H,1-3,6-7,16H2;5-8,10-11H,1-4H3;/q2*-1;. The summed E-state index contributed by atoms with van der Waals surface area (Å²) >= 11 is 0. The summed E-state index contributed by atoms with van der Waals surface area (Å²) in [6.07, 6.45) is 11.8. The van der Waals surface area contributed by atoms with Gasteiger partial charge in [-0.1, -0.05) is 105 Å². The van der Waals surface area contributed by atoms with E-state index in [9.17, 15) is 4.39 Å². The molecule has 0 amide bonds. The second-order valence-corrected chi connectivity index (χ2v) is 19.6. The van der Waals surface area contributed by atoms with Crippen LogP contribution in [-0.4, -0.2) is 18.0 Å². The van der Waals surface area contributed by atoms with Crippen LogP contribution in [0.2, 0.25) is 19.6 Å². The van der Waals surface area contributed by atoms with Crippen molar-refractivity contribution in [1.82, 2.24) is 9.97 Å². The Bertz CT molecular complexity index is 2250. The number of hydrogen-bond acceptors (Lipinski definition) is 3. The number of benzene rings is 4. The van der Waals surface area contributed by atoms with E-state index in [0.717, 1.165) is 67.9 Å². The molecule has 261 valence electrons. The summed E-state index contributed by atoms with van der Waals surface area (Å²) in [4.78, 5) is 9.23. The Kier molecular flexibility index (Phi) is 11.5. The van der Waals surface area contributed by atoms with Crippen molar-refractivity contribution >= 4 is 35.2 Å². The van der Waals surface area contributed by atoms with Crippen LogP contribution in [0.15, 0.2) is 114 Å². The topological polar surface area (TPSA) is 38.9 Å². The fourth-order valence-corrected chi connectivity index (χ4v) is 9.04. The van der Waals surface area contributed by atoms with Crippen molar-refractivity contribution in [1.29, 1.82) is 0 Å². The maximum atomic E-state index is 13.9. The molecule has 51 heavy (non-hydrogen) atoms. The van der Waals surface area contributed by atoms with Crippen molar-refractivity contribution in [2.24, 2.45) is 5.92 Å². The van der Waals surface area contributed by atoms with E-state index in [2.05, 4.69) is 85.2 Å². The first-order valence-corrected chi connectivity index (χ1v) is 21.3. The number of pyridine rings is 2. The van der Waals surface area contributed by atoms with Gasteiger partial charge in [-0.3, -0.25) is 0 Å². The molecule has 0 unspecified atom stereocenters. The van der Waals surface area contributed by atoms with Crippen molar-refractivity contribution in [3.05, 3.63) is 139 Å². The third-order valence-electron chi connectivity index (χ3n) is 9.82. The molecular weight excluding hydrogens is 824 g/mol. The quantitative estimate of drug-likeness (QED) is 0.123. The minimum Gasteiger partial charge on any atom is -0.500 e. The summed E-state index contributed by atoms with van der Waals surface area (Å²) < 4.78 is 20.1. The second-order valence-electron chi connectivity index (χ2n) is 14.6.